The van der Waals surface area contributed by atoms with Crippen LogP contribution in [0.4, 0.5) is 11.4 Å². The average molecular weight is 287 g/mol. The van der Waals surface area contributed by atoms with E-state index >= 15 is 0 Å². The quantitative estimate of drug-likeness (QED) is 0.835. The van der Waals surface area contributed by atoms with Crippen LogP contribution in [0.5, 0.6) is 0 Å². The Hall–Kier alpha value is -1.29. The smallest absolute Gasteiger partial charge is 0.106 e. The monoisotopic (exact) mass is 287 g/mol. The number of anilines is 2. The Labute approximate surface area is 123 Å². The van der Waals surface area contributed by atoms with Crippen LogP contribution in [0.2, 0.25) is 0 Å². The Kier molecular flexibility index (Phi) is 2.88. The number of hydrogen-bond donors (Lipinski definition) is 2. The maximum atomic E-state index is 6.27. The molecule has 2 aliphatic carbocycles. The molecule has 0 radical (unpaired) electrons. The van der Waals surface area contributed by atoms with Crippen LogP contribution in [0, 0.1) is 17.8 Å². The Morgan fingerprint density at radius 1 is 1.35 bits per heavy atom. The van der Waals surface area contributed by atoms with Gasteiger partial charge in [-0.15, -0.1) is 11.3 Å². The van der Waals surface area contributed by atoms with Gasteiger partial charge in [-0.25, -0.2) is 4.98 Å². The highest BCUT2D eigenvalue weighted by Crippen LogP contribution is 2.50. The molecule has 2 aromatic rings. The van der Waals surface area contributed by atoms with Crippen LogP contribution < -0.4 is 11.1 Å². The maximum absolute atomic E-state index is 6.27. The summed E-state index contributed by atoms with van der Waals surface area (Å²) in [5.74, 6) is 2.75. The molecule has 3 nitrogen and oxygen atoms in total. The molecule has 1 aromatic heterocycles. The van der Waals surface area contributed by atoms with Crippen LogP contribution in [-0.4, -0.2) is 11.0 Å². The molecule has 2 aliphatic rings. The fraction of sp³-hybridized carbons (Fsp3) is 0.562. The van der Waals surface area contributed by atoms with Gasteiger partial charge in [-0.3, -0.25) is 0 Å². The zero-order valence-electron chi connectivity index (χ0n) is 11.8. The van der Waals surface area contributed by atoms with Gasteiger partial charge in [0, 0.05) is 6.04 Å². The second kappa shape index (κ2) is 4.62. The molecule has 1 aromatic carbocycles. The Balaban J connectivity index is 1.56. The van der Waals surface area contributed by atoms with Gasteiger partial charge in [-0.2, -0.15) is 0 Å². The molecule has 3 N–H and O–H groups in total. The Bertz CT molecular complexity index is 636. The third-order valence-corrected chi connectivity index (χ3v) is 6.15. The van der Waals surface area contributed by atoms with E-state index in [-0.39, 0.29) is 0 Å². The molecule has 4 unspecified atom stereocenters. The van der Waals surface area contributed by atoms with Gasteiger partial charge < -0.3 is 11.1 Å². The number of benzene rings is 1. The number of nitrogens with zero attached hydrogens (tertiary/aromatic N) is 1. The molecule has 0 spiro atoms. The van der Waals surface area contributed by atoms with Crippen molar-refractivity contribution in [2.75, 3.05) is 11.1 Å². The number of aromatic nitrogens is 1. The molecule has 2 fully saturated rings. The lowest BCUT2D eigenvalue weighted by atomic mass is 9.84. The molecule has 106 valence electrons. The number of hydrogen-bond acceptors (Lipinski definition) is 4. The first-order chi connectivity index (χ1) is 9.72. The van der Waals surface area contributed by atoms with E-state index in [0.717, 1.165) is 34.6 Å². The van der Waals surface area contributed by atoms with Crippen molar-refractivity contribution >= 4 is 32.9 Å². The number of nitrogen functional groups attached to an aromatic ring is 1. The standard InChI is InChI=1S/C16H21N3S/c1-9(12-7-10-2-3-11(12)6-10)19-13-4-5-14-16(15(13)17)18-8-20-14/h4-5,8-12,19H,2-3,6-7,17H2,1H3. The Morgan fingerprint density at radius 3 is 3.00 bits per heavy atom. The highest BCUT2D eigenvalue weighted by Gasteiger charge is 2.41. The van der Waals surface area contributed by atoms with Crippen molar-refractivity contribution in [3.63, 3.8) is 0 Å². The van der Waals surface area contributed by atoms with E-state index in [1.807, 2.05) is 5.51 Å². The summed E-state index contributed by atoms with van der Waals surface area (Å²) in [4.78, 5) is 4.38. The minimum atomic E-state index is 0.503. The molecule has 4 heteroatoms. The van der Waals surface area contributed by atoms with Gasteiger partial charge in [0.2, 0.25) is 0 Å². The third-order valence-electron chi connectivity index (χ3n) is 5.36. The van der Waals surface area contributed by atoms with E-state index in [4.69, 9.17) is 5.73 Å². The van der Waals surface area contributed by atoms with Crippen molar-refractivity contribution in [1.82, 2.24) is 4.98 Å². The van der Waals surface area contributed by atoms with E-state index in [1.54, 1.807) is 11.3 Å². The third kappa shape index (κ3) is 1.89. The first-order valence-electron chi connectivity index (χ1n) is 7.60. The highest BCUT2D eigenvalue weighted by atomic mass is 32.1. The average Bonchev–Trinajstić information content (AvgIpc) is 3.16. The van der Waals surface area contributed by atoms with Crippen molar-refractivity contribution in [3.05, 3.63) is 17.6 Å². The number of fused-ring (bicyclic) bond motifs is 3. The van der Waals surface area contributed by atoms with E-state index in [1.165, 1.54) is 30.4 Å². The van der Waals surface area contributed by atoms with Gasteiger partial charge >= 0.3 is 0 Å². The van der Waals surface area contributed by atoms with Crippen LogP contribution in [0.3, 0.4) is 0 Å². The van der Waals surface area contributed by atoms with Crippen molar-refractivity contribution in [3.8, 4) is 0 Å². The second-order valence-corrected chi connectivity index (χ2v) is 7.38. The van der Waals surface area contributed by atoms with Crippen molar-refractivity contribution < 1.29 is 0 Å². The molecule has 1 heterocycles. The lowest BCUT2D eigenvalue weighted by Crippen LogP contribution is -2.30. The summed E-state index contributed by atoms with van der Waals surface area (Å²) in [5.41, 5.74) is 10.9. The molecule has 0 saturated heterocycles. The van der Waals surface area contributed by atoms with Crippen LogP contribution in [0.15, 0.2) is 17.6 Å². The number of rotatable bonds is 3. The first kappa shape index (κ1) is 12.5. The molecule has 2 saturated carbocycles. The molecule has 0 amide bonds. The SMILES string of the molecule is CC(Nc1ccc2scnc2c1N)C1CC2CCC1C2. The molecule has 20 heavy (non-hydrogen) atoms. The fourth-order valence-electron chi connectivity index (χ4n) is 4.34. The van der Waals surface area contributed by atoms with E-state index < -0.39 is 0 Å². The van der Waals surface area contributed by atoms with Gasteiger partial charge in [-0.05, 0) is 56.1 Å². The molecule has 0 aliphatic heterocycles. The Morgan fingerprint density at radius 2 is 2.25 bits per heavy atom. The first-order valence-corrected chi connectivity index (χ1v) is 8.48. The van der Waals surface area contributed by atoms with E-state index in [9.17, 15) is 0 Å². The minimum absolute atomic E-state index is 0.503. The topological polar surface area (TPSA) is 50.9 Å². The summed E-state index contributed by atoms with van der Waals surface area (Å²) in [7, 11) is 0. The van der Waals surface area contributed by atoms with Crippen LogP contribution >= 0.6 is 11.3 Å². The van der Waals surface area contributed by atoms with Crippen LogP contribution in [0.1, 0.15) is 32.6 Å². The molecule has 2 bridgehead atoms. The normalized spacial score (nSPS) is 29.9. The van der Waals surface area contributed by atoms with Gasteiger partial charge in [0.25, 0.3) is 0 Å². The van der Waals surface area contributed by atoms with E-state index in [0.29, 0.717) is 6.04 Å². The molecule has 4 atom stereocenters. The zero-order chi connectivity index (χ0) is 13.7. The number of thiazole rings is 1. The number of nitrogens with two attached hydrogens (primary N) is 1. The summed E-state index contributed by atoms with van der Waals surface area (Å²) < 4.78 is 1.17. The van der Waals surface area contributed by atoms with Crippen molar-refractivity contribution in [2.24, 2.45) is 17.8 Å². The van der Waals surface area contributed by atoms with E-state index in [2.05, 4.69) is 29.4 Å². The lowest BCUT2D eigenvalue weighted by molar-refractivity contribution is 0.304. The van der Waals surface area contributed by atoms with Gasteiger partial charge in [0.05, 0.1) is 21.6 Å². The summed E-state index contributed by atoms with van der Waals surface area (Å²) in [6, 6.07) is 4.74. The predicted octanol–water partition coefficient (Wildman–Crippen LogP) is 4.12. The second-order valence-electron chi connectivity index (χ2n) is 6.50. The fourth-order valence-corrected chi connectivity index (χ4v) is 5.03. The molecular formula is C16H21N3S. The van der Waals surface area contributed by atoms with Gasteiger partial charge in [-0.1, -0.05) is 6.42 Å². The highest BCUT2D eigenvalue weighted by molar-refractivity contribution is 7.16. The van der Waals surface area contributed by atoms with Crippen molar-refractivity contribution in [1.29, 1.82) is 0 Å². The summed E-state index contributed by atoms with van der Waals surface area (Å²) in [6.07, 6.45) is 5.75. The van der Waals surface area contributed by atoms with Crippen LogP contribution in [0.25, 0.3) is 10.2 Å². The summed E-state index contributed by atoms with van der Waals surface area (Å²) in [6.45, 7) is 2.32. The summed E-state index contributed by atoms with van der Waals surface area (Å²) in [5, 5.41) is 3.66. The minimum Gasteiger partial charge on any atom is -0.395 e. The largest absolute Gasteiger partial charge is 0.395 e. The zero-order valence-corrected chi connectivity index (χ0v) is 12.6. The van der Waals surface area contributed by atoms with Crippen LogP contribution in [-0.2, 0) is 0 Å². The van der Waals surface area contributed by atoms with Gasteiger partial charge in [0.15, 0.2) is 0 Å². The maximum Gasteiger partial charge on any atom is 0.106 e. The van der Waals surface area contributed by atoms with Crippen molar-refractivity contribution in [2.45, 2.75) is 38.6 Å². The summed E-state index contributed by atoms with van der Waals surface area (Å²) >= 11 is 1.65. The van der Waals surface area contributed by atoms with Gasteiger partial charge in [0.1, 0.15) is 5.52 Å². The predicted molar refractivity (Wildman–Crippen MR) is 86.1 cm³/mol. The number of nitrogens with one attached hydrogen (secondary N) is 1. The lowest BCUT2D eigenvalue weighted by Gasteiger charge is -2.29. The molecular weight excluding hydrogens is 266 g/mol. The molecule has 4 rings (SSSR count).